The van der Waals surface area contributed by atoms with E-state index in [-0.39, 0.29) is 0 Å². The second-order valence-corrected chi connectivity index (χ2v) is 5.34. The third-order valence-corrected chi connectivity index (χ3v) is 3.70. The molecule has 2 aromatic rings. The summed E-state index contributed by atoms with van der Waals surface area (Å²) in [6, 6.07) is 10.7. The van der Waals surface area contributed by atoms with Crippen LogP contribution in [0.1, 0.15) is 22.5 Å². The Labute approximate surface area is 115 Å². The molecule has 0 saturated heterocycles. The highest BCUT2D eigenvalue weighted by molar-refractivity contribution is 5.26. The average molecular weight is 257 g/mol. The van der Waals surface area contributed by atoms with Crippen molar-refractivity contribution in [1.82, 2.24) is 9.78 Å². The summed E-state index contributed by atoms with van der Waals surface area (Å²) in [7, 11) is 2.00. The van der Waals surface area contributed by atoms with Gasteiger partial charge < -0.3 is 5.73 Å². The van der Waals surface area contributed by atoms with Crippen LogP contribution in [0, 0.1) is 19.8 Å². The molecule has 1 aromatic heterocycles. The molecule has 1 atom stereocenters. The predicted octanol–water partition coefficient (Wildman–Crippen LogP) is 2.40. The molecular weight excluding hydrogens is 234 g/mol. The minimum Gasteiger partial charge on any atom is -0.330 e. The van der Waals surface area contributed by atoms with Gasteiger partial charge in [-0.25, -0.2) is 0 Å². The van der Waals surface area contributed by atoms with Crippen LogP contribution in [0.15, 0.2) is 30.3 Å². The zero-order chi connectivity index (χ0) is 13.8. The Morgan fingerprint density at radius 3 is 2.53 bits per heavy atom. The molecule has 19 heavy (non-hydrogen) atoms. The largest absolute Gasteiger partial charge is 0.330 e. The van der Waals surface area contributed by atoms with Crippen molar-refractivity contribution in [3.63, 3.8) is 0 Å². The van der Waals surface area contributed by atoms with Gasteiger partial charge in [0.05, 0.1) is 5.69 Å². The number of benzene rings is 1. The summed E-state index contributed by atoms with van der Waals surface area (Å²) in [4.78, 5) is 0. The zero-order valence-corrected chi connectivity index (χ0v) is 12.1. The fourth-order valence-electron chi connectivity index (χ4n) is 2.54. The van der Waals surface area contributed by atoms with E-state index in [4.69, 9.17) is 5.73 Å². The van der Waals surface area contributed by atoms with Crippen LogP contribution in [-0.2, 0) is 19.9 Å². The molecule has 0 amide bonds. The quantitative estimate of drug-likeness (QED) is 0.894. The van der Waals surface area contributed by atoms with Gasteiger partial charge >= 0.3 is 0 Å². The highest BCUT2D eigenvalue weighted by Crippen LogP contribution is 2.17. The lowest BCUT2D eigenvalue weighted by molar-refractivity contribution is 0.510. The van der Waals surface area contributed by atoms with E-state index in [1.54, 1.807) is 0 Å². The van der Waals surface area contributed by atoms with Gasteiger partial charge in [0.25, 0.3) is 0 Å². The first-order chi connectivity index (χ1) is 9.10. The number of aromatic nitrogens is 2. The summed E-state index contributed by atoms with van der Waals surface area (Å²) in [6.07, 6.45) is 2.02. The number of rotatable bonds is 5. The van der Waals surface area contributed by atoms with Gasteiger partial charge in [-0.05, 0) is 56.3 Å². The van der Waals surface area contributed by atoms with Crippen molar-refractivity contribution < 1.29 is 0 Å². The number of nitrogens with zero attached hydrogens (tertiary/aromatic N) is 2. The molecule has 0 aliphatic rings. The van der Waals surface area contributed by atoms with Crippen LogP contribution < -0.4 is 5.73 Å². The van der Waals surface area contributed by atoms with Crippen LogP contribution in [-0.4, -0.2) is 16.3 Å². The third-order valence-electron chi connectivity index (χ3n) is 3.70. The predicted molar refractivity (Wildman–Crippen MR) is 79.1 cm³/mol. The van der Waals surface area contributed by atoms with Crippen molar-refractivity contribution in [3.8, 4) is 0 Å². The fraction of sp³-hybridized carbons (Fsp3) is 0.438. The third kappa shape index (κ3) is 3.44. The standard InChI is InChI=1S/C16H23N3/c1-12-6-4-5-7-15(12)9-14(11-17)10-16-8-13(2)18-19(16)3/h4-8,14H,9-11,17H2,1-3H3. The molecule has 3 heteroatoms. The Balaban J connectivity index is 2.09. The topological polar surface area (TPSA) is 43.8 Å². The molecule has 102 valence electrons. The summed E-state index contributed by atoms with van der Waals surface area (Å²) in [5.41, 5.74) is 11.0. The van der Waals surface area contributed by atoms with Gasteiger partial charge in [-0.2, -0.15) is 5.10 Å². The number of hydrogen-bond acceptors (Lipinski definition) is 2. The molecular formula is C16H23N3. The maximum absolute atomic E-state index is 5.95. The van der Waals surface area contributed by atoms with E-state index in [0.717, 1.165) is 18.5 Å². The molecule has 0 saturated carbocycles. The summed E-state index contributed by atoms with van der Waals surface area (Å²) in [5, 5.41) is 4.40. The Kier molecular flexibility index (Phi) is 4.38. The highest BCUT2D eigenvalue weighted by Gasteiger charge is 2.13. The minimum absolute atomic E-state index is 0.468. The number of aryl methyl sites for hydroxylation is 3. The molecule has 0 bridgehead atoms. The molecule has 1 unspecified atom stereocenters. The van der Waals surface area contributed by atoms with E-state index < -0.39 is 0 Å². The normalized spacial score (nSPS) is 12.6. The van der Waals surface area contributed by atoms with E-state index in [1.807, 2.05) is 18.7 Å². The Morgan fingerprint density at radius 2 is 1.95 bits per heavy atom. The first kappa shape index (κ1) is 13.8. The summed E-state index contributed by atoms with van der Waals surface area (Å²) >= 11 is 0. The van der Waals surface area contributed by atoms with Crippen LogP contribution in [0.25, 0.3) is 0 Å². The monoisotopic (exact) mass is 257 g/mol. The second-order valence-electron chi connectivity index (χ2n) is 5.34. The van der Waals surface area contributed by atoms with Gasteiger partial charge in [0.2, 0.25) is 0 Å². The Bertz CT molecular complexity index is 543. The van der Waals surface area contributed by atoms with Crippen LogP contribution in [0.4, 0.5) is 0 Å². The lowest BCUT2D eigenvalue weighted by Gasteiger charge is -2.16. The van der Waals surface area contributed by atoms with Crippen molar-refractivity contribution in [2.75, 3.05) is 6.54 Å². The van der Waals surface area contributed by atoms with Crippen LogP contribution >= 0.6 is 0 Å². The zero-order valence-electron chi connectivity index (χ0n) is 12.1. The number of nitrogens with two attached hydrogens (primary N) is 1. The molecule has 1 aromatic carbocycles. The smallest absolute Gasteiger partial charge is 0.0596 e. The SMILES string of the molecule is Cc1cc(CC(CN)Cc2ccccc2C)n(C)n1. The molecule has 0 spiro atoms. The van der Waals surface area contributed by atoms with E-state index in [0.29, 0.717) is 12.5 Å². The van der Waals surface area contributed by atoms with E-state index in [1.165, 1.54) is 16.8 Å². The van der Waals surface area contributed by atoms with Crippen molar-refractivity contribution >= 4 is 0 Å². The lowest BCUT2D eigenvalue weighted by atomic mass is 9.92. The lowest BCUT2D eigenvalue weighted by Crippen LogP contribution is -2.21. The van der Waals surface area contributed by atoms with Gasteiger partial charge in [0.1, 0.15) is 0 Å². The van der Waals surface area contributed by atoms with Gasteiger partial charge in [-0.1, -0.05) is 24.3 Å². The van der Waals surface area contributed by atoms with Gasteiger partial charge in [0, 0.05) is 12.7 Å². The molecule has 0 aliphatic heterocycles. The van der Waals surface area contributed by atoms with Crippen LogP contribution in [0.2, 0.25) is 0 Å². The van der Waals surface area contributed by atoms with E-state index in [9.17, 15) is 0 Å². The Morgan fingerprint density at radius 1 is 1.21 bits per heavy atom. The maximum atomic E-state index is 5.95. The van der Waals surface area contributed by atoms with Gasteiger partial charge in [0.15, 0.2) is 0 Å². The van der Waals surface area contributed by atoms with Crippen molar-refractivity contribution in [3.05, 3.63) is 52.8 Å². The molecule has 1 heterocycles. The average Bonchev–Trinajstić information content (AvgIpc) is 2.69. The summed E-state index contributed by atoms with van der Waals surface area (Å²) in [5.74, 6) is 0.468. The summed E-state index contributed by atoms with van der Waals surface area (Å²) in [6.45, 7) is 4.90. The van der Waals surface area contributed by atoms with Gasteiger partial charge in [-0.15, -0.1) is 0 Å². The molecule has 2 rings (SSSR count). The van der Waals surface area contributed by atoms with Crippen LogP contribution in [0.5, 0.6) is 0 Å². The molecule has 0 aliphatic carbocycles. The molecule has 0 radical (unpaired) electrons. The van der Waals surface area contributed by atoms with Gasteiger partial charge in [-0.3, -0.25) is 4.68 Å². The molecule has 2 N–H and O–H groups in total. The molecule has 3 nitrogen and oxygen atoms in total. The van der Waals surface area contributed by atoms with E-state index >= 15 is 0 Å². The van der Waals surface area contributed by atoms with Crippen molar-refractivity contribution in [2.45, 2.75) is 26.7 Å². The first-order valence-electron chi connectivity index (χ1n) is 6.84. The second kappa shape index (κ2) is 6.02. The first-order valence-corrected chi connectivity index (χ1v) is 6.84. The maximum Gasteiger partial charge on any atom is 0.0596 e. The fourth-order valence-corrected chi connectivity index (χ4v) is 2.54. The van der Waals surface area contributed by atoms with Crippen LogP contribution in [0.3, 0.4) is 0 Å². The molecule has 0 fully saturated rings. The summed E-state index contributed by atoms with van der Waals surface area (Å²) < 4.78 is 1.97. The van der Waals surface area contributed by atoms with Crippen molar-refractivity contribution in [1.29, 1.82) is 0 Å². The van der Waals surface area contributed by atoms with E-state index in [2.05, 4.69) is 42.4 Å². The number of hydrogen-bond donors (Lipinski definition) is 1. The highest BCUT2D eigenvalue weighted by atomic mass is 15.3. The minimum atomic E-state index is 0.468. The Hall–Kier alpha value is -1.61. The van der Waals surface area contributed by atoms with Crippen molar-refractivity contribution in [2.24, 2.45) is 18.7 Å².